The molecule has 1 atom stereocenters. The van der Waals surface area contributed by atoms with E-state index in [4.69, 9.17) is 5.73 Å². The third-order valence-electron chi connectivity index (χ3n) is 2.74. The summed E-state index contributed by atoms with van der Waals surface area (Å²) < 4.78 is 13.5. The Hall–Kier alpha value is -1.42. The highest BCUT2D eigenvalue weighted by atomic mass is 19.1. The fourth-order valence-corrected chi connectivity index (χ4v) is 1.42. The zero-order chi connectivity index (χ0) is 13.2. The third kappa shape index (κ3) is 3.03. The summed E-state index contributed by atoms with van der Waals surface area (Å²) in [7, 11) is 1.53. The van der Waals surface area contributed by atoms with Crippen LogP contribution in [0.15, 0.2) is 24.3 Å². The summed E-state index contributed by atoms with van der Waals surface area (Å²) in [4.78, 5) is 13.3. The van der Waals surface area contributed by atoms with Crippen LogP contribution in [0.3, 0.4) is 0 Å². The Bertz CT molecular complexity index is 412. The van der Waals surface area contributed by atoms with Gasteiger partial charge in [0.2, 0.25) is 5.91 Å². The average Bonchev–Trinajstić information content (AvgIpc) is 2.25. The first-order chi connectivity index (χ1) is 7.75. The highest BCUT2D eigenvalue weighted by Gasteiger charge is 2.30. The van der Waals surface area contributed by atoms with Crippen molar-refractivity contribution in [3.63, 3.8) is 0 Å². The monoisotopic (exact) mass is 238 g/mol. The van der Waals surface area contributed by atoms with Gasteiger partial charge in [-0.3, -0.25) is 4.79 Å². The zero-order valence-electron chi connectivity index (χ0n) is 10.7. The van der Waals surface area contributed by atoms with Crippen LogP contribution >= 0.6 is 0 Å². The van der Waals surface area contributed by atoms with Crippen LogP contribution in [0, 0.1) is 11.2 Å². The maximum absolute atomic E-state index is 13.5. The molecule has 0 fully saturated rings. The number of carbonyl (C=O) groups excluding carboxylic acids is 1. The number of nitrogens with two attached hydrogens (primary N) is 1. The van der Waals surface area contributed by atoms with E-state index in [9.17, 15) is 9.18 Å². The van der Waals surface area contributed by atoms with Crippen LogP contribution in [0.1, 0.15) is 20.8 Å². The Kier molecular flexibility index (Phi) is 3.88. The van der Waals surface area contributed by atoms with Crippen LogP contribution in [0.2, 0.25) is 0 Å². The van der Waals surface area contributed by atoms with Gasteiger partial charge >= 0.3 is 0 Å². The number of likely N-dealkylation sites (N-methyl/N-ethyl adjacent to an activating group) is 1. The molecule has 3 nitrogen and oxygen atoms in total. The molecule has 0 aromatic heterocycles. The van der Waals surface area contributed by atoms with Crippen LogP contribution < -0.4 is 10.6 Å². The van der Waals surface area contributed by atoms with Gasteiger partial charge in [0, 0.05) is 7.05 Å². The number of anilines is 1. The van der Waals surface area contributed by atoms with Crippen LogP contribution in [-0.2, 0) is 4.79 Å². The molecule has 0 aliphatic rings. The minimum Gasteiger partial charge on any atom is -0.319 e. The van der Waals surface area contributed by atoms with Gasteiger partial charge in [0.05, 0.1) is 11.7 Å². The predicted molar refractivity (Wildman–Crippen MR) is 67.2 cm³/mol. The molecule has 0 aliphatic carbocycles. The highest BCUT2D eigenvalue weighted by molar-refractivity contribution is 5.97. The van der Waals surface area contributed by atoms with Gasteiger partial charge in [-0.2, -0.15) is 0 Å². The van der Waals surface area contributed by atoms with E-state index in [1.165, 1.54) is 18.0 Å². The lowest BCUT2D eigenvalue weighted by atomic mass is 9.86. The van der Waals surface area contributed by atoms with Gasteiger partial charge in [-0.25, -0.2) is 4.39 Å². The number of amides is 1. The van der Waals surface area contributed by atoms with Crippen molar-refractivity contribution in [3.8, 4) is 0 Å². The van der Waals surface area contributed by atoms with Crippen molar-refractivity contribution in [3.05, 3.63) is 30.1 Å². The zero-order valence-corrected chi connectivity index (χ0v) is 10.7. The van der Waals surface area contributed by atoms with Crippen molar-refractivity contribution in [2.24, 2.45) is 11.1 Å². The molecule has 17 heavy (non-hydrogen) atoms. The number of para-hydroxylation sites is 1. The van der Waals surface area contributed by atoms with Crippen molar-refractivity contribution in [2.45, 2.75) is 26.8 Å². The summed E-state index contributed by atoms with van der Waals surface area (Å²) in [6.45, 7) is 5.64. The Morgan fingerprint density at radius 3 is 2.35 bits per heavy atom. The van der Waals surface area contributed by atoms with E-state index in [1.807, 2.05) is 20.8 Å². The van der Waals surface area contributed by atoms with Crippen LogP contribution in [0.4, 0.5) is 10.1 Å². The first-order valence-electron chi connectivity index (χ1n) is 5.53. The second kappa shape index (κ2) is 4.84. The van der Waals surface area contributed by atoms with Gasteiger partial charge in [0.1, 0.15) is 5.82 Å². The van der Waals surface area contributed by atoms with E-state index in [1.54, 1.807) is 18.2 Å². The summed E-state index contributed by atoms with van der Waals surface area (Å²) >= 11 is 0. The SMILES string of the molecule is CN(C(=O)[C@H](N)C(C)(C)C)c1ccccc1F. The molecule has 4 heteroatoms. The van der Waals surface area contributed by atoms with Crippen molar-refractivity contribution < 1.29 is 9.18 Å². The van der Waals surface area contributed by atoms with E-state index in [0.29, 0.717) is 0 Å². The number of rotatable bonds is 2. The summed E-state index contributed by atoms with van der Waals surface area (Å²) in [5.74, 6) is -0.716. The fourth-order valence-electron chi connectivity index (χ4n) is 1.42. The minimum absolute atomic E-state index is 0.247. The van der Waals surface area contributed by atoms with E-state index in [2.05, 4.69) is 0 Å². The molecule has 0 radical (unpaired) electrons. The molecule has 0 spiro atoms. The molecule has 0 unspecified atom stereocenters. The lowest BCUT2D eigenvalue weighted by Crippen LogP contribution is -2.49. The lowest BCUT2D eigenvalue weighted by molar-refractivity contribution is -0.121. The van der Waals surface area contributed by atoms with Crippen molar-refractivity contribution >= 4 is 11.6 Å². The molecular formula is C13H19FN2O. The van der Waals surface area contributed by atoms with E-state index in [0.717, 1.165) is 0 Å². The number of hydrogen-bond acceptors (Lipinski definition) is 2. The smallest absolute Gasteiger partial charge is 0.244 e. The molecule has 0 bridgehead atoms. The highest BCUT2D eigenvalue weighted by Crippen LogP contribution is 2.23. The summed E-state index contributed by atoms with van der Waals surface area (Å²) in [6.07, 6.45) is 0. The third-order valence-corrected chi connectivity index (χ3v) is 2.74. The number of halogens is 1. The van der Waals surface area contributed by atoms with E-state index >= 15 is 0 Å². The number of hydrogen-bond donors (Lipinski definition) is 1. The maximum Gasteiger partial charge on any atom is 0.244 e. The van der Waals surface area contributed by atoms with Crippen molar-refractivity contribution in [1.29, 1.82) is 0 Å². The Morgan fingerprint density at radius 2 is 1.88 bits per heavy atom. The Balaban J connectivity index is 2.95. The van der Waals surface area contributed by atoms with E-state index < -0.39 is 11.9 Å². The molecule has 94 valence electrons. The van der Waals surface area contributed by atoms with Crippen molar-refractivity contribution in [1.82, 2.24) is 0 Å². The van der Waals surface area contributed by atoms with Crippen molar-refractivity contribution in [2.75, 3.05) is 11.9 Å². The topological polar surface area (TPSA) is 46.3 Å². The lowest BCUT2D eigenvalue weighted by Gasteiger charge is -2.30. The molecule has 1 rings (SSSR count). The van der Waals surface area contributed by atoms with Crippen LogP contribution in [0.25, 0.3) is 0 Å². The molecule has 0 saturated carbocycles. The molecule has 0 heterocycles. The van der Waals surface area contributed by atoms with Gasteiger partial charge in [-0.15, -0.1) is 0 Å². The molecular weight excluding hydrogens is 219 g/mol. The second-order valence-corrected chi connectivity index (χ2v) is 5.19. The predicted octanol–water partition coefficient (Wildman–Crippen LogP) is 2.16. The number of carbonyl (C=O) groups is 1. The Morgan fingerprint density at radius 1 is 1.35 bits per heavy atom. The number of nitrogens with zero attached hydrogens (tertiary/aromatic N) is 1. The largest absolute Gasteiger partial charge is 0.319 e. The molecule has 1 aromatic rings. The number of benzene rings is 1. The van der Waals surface area contributed by atoms with Gasteiger partial charge < -0.3 is 10.6 Å². The molecule has 1 aromatic carbocycles. The van der Waals surface area contributed by atoms with Gasteiger partial charge in [0.15, 0.2) is 0 Å². The second-order valence-electron chi connectivity index (χ2n) is 5.19. The van der Waals surface area contributed by atoms with Crippen LogP contribution in [-0.4, -0.2) is 19.0 Å². The fraction of sp³-hybridized carbons (Fsp3) is 0.462. The summed E-state index contributed by atoms with van der Waals surface area (Å²) in [6, 6.07) is 5.49. The standard InChI is InChI=1S/C13H19FN2O/c1-13(2,3)11(15)12(17)16(4)10-8-6-5-7-9(10)14/h5-8,11H,15H2,1-4H3/t11-/m0/s1. The average molecular weight is 238 g/mol. The van der Waals surface area contributed by atoms with Gasteiger partial charge in [-0.1, -0.05) is 32.9 Å². The first kappa shape index (κ1) is 13.6. The van der Waals surface area contributed by atoms with Gasteiger partial charge in [-0.05, 0) is 17.5 Å². The minimum atomic E-state index is -0.660. The molecule has 0 saturated heterocycles. The van der Waals surface area contributed by atoms with Gasteiger partial charge in [0.25, 0.3) is 0 Å². The summed E-state index contributed by atoms with van der Waals surface area (Å²) in [5, 5.41) is 0. The van der Waals surface area contributed by atoms with E-state index in [-0.39, 0.29) is 17.0 Å². The molecule has 0 aliphatic heterocycles. The first-order valence-corrected chi connectivity index (χ1v) is 5.53. The maximum atomic E-state index is 13.5. The van der Waals surface area contributed by atoms with Crippen LogP contribution in [0.5, 0.6) is 0 Å². The molecule has 2 N–H and O–H groups in total. The molecule has 1 amide bonds. The quantitative estimate of drug-likeness (QED) is 0.858. The normalized spacial score (nSPS) is 13.3. The summed E-state index contributed by atoms with van der Waals surface area (Å²) in [5.41, 5.74) is 5.77. The Labute approximate surface area is 101 Å².